The van der Waals surface area contributed by atoms with Gasteiger partial charge in [0.1, 0.15) is 0 Å². The summed E-state index contributed by atoms with van der Waals surface area (Å²) in [5, 5.41) is 13.8. The van der Waals surface area contributed by atoms with Crippen molar-refractivity contribution >= 4 is 17.0 Å². The summed E-state index contributed by atoms with van der Waals surface area (Å²) >= 11 is 1.78. The molecule has 0 saturated carbocycles. The van der Waals surface area contributed by atoms with E-state index in [1.807, 2.05) is 24.4 Å². The number of nitrogens with zero attached hydrogens (tertiary/aromatic N) is 3. The summed E-state index contributed by atoms with van der Waals surface area (Å²) in [6.07, 6.45) is 3.55. The molecule has 0 spiro atoms. The summed E-state index contributed by atoms with van der Waals surface area (Å²) in [6, 6.07) is 12.7. The molecule has 0 bridgehead atoms. The van der Waals surface area contributed by atoms with Gasteiger partial charge >= 0.3 is 0 Å². The second-order valence-electron chi connectivity index (χ2n) is 5.25. The second-order valence-corrected chi connectivity index (χ2v) is 6.23. The molecule has 2 aromatic heterocycles. The predicted octanol–water partition coefficient (Wildman–Crippen LogP) is 4.14. The summed E-state index contributed by atoms with van der Waals surface area (Å²) in [4.78, 5) is 1.35. The minimum absolute atomic E-state index is 0.287. The zero-order valence-corrected chi connectivity index (χ0v) is 12.9. The molecular formula is C16H18N4S. The predicted molar refractivity (Wildman–Crippen MR) is 86.9 cm³/mol. The molecular weight excluding hydrogens is 280 g/mol. The molecule has 5 heteroatoms. The van der Waals surface area contributed by atoms with Gasteiger partial charge in [-0.3, -0.25) is 0 Å². The molecule has 108 valence electrons. The Labute approximate surface area is 128 Å². The Balaban J connectivity index is 1.94. The van der Waals surface area contributed by atoms with Crippen LogP contribution in [0.25, 0.3) is 5.69 Å². The fraction of sp³-hybridized carbons (Fsp3) is 0.250. The monoisotopic (exact) mass is 298 g/mol. The Hall–Kier alpha value is -2.14. The van der Waals surface area contributed by atoms with Crippen molar-refractivity contribution in [2.24, 2.45) is 5.92 Å². The van der Waals surface area contributed by atoms with E-state index in [1.165, 1.54) is 4.88 Å². The normalized spacial score (nSPS) is 12.5. The lowest BCUT2D eigenvalue weighted by Gasteiger charge is -2.24. The average Bonchev–Trinajstić information content (AvgIpc) is 3.18. The first-order valence-corrected chi connectivity index (χ1v) is 7.89. The Morgan fingerprint density at radius 1 is 1.14 bits per heavy atom. The van der Waals surface area contributed by atoms with Crippen LogP contribution in [0.1, 0.15) is 24.8 Å². The average molecular weight is 298 g/mol. The van der Waals surface area contributed by atoms with Gasteiger partial charge in [-0.25, -0.2) is 4.68 Å². The highest BCUT2D eigenvalue weighted by Crippen LogP contribution is 2.31. The van der Waals surface area contributed by atoms with Crippen LogP contribution in [0.4, 0.5) is 5.69 Å². The third kappa shape index (κ3) is 2.97. The molecule has 1 aromatic carbocycles. The van der Waals surface area contributed by atoms with Gasteiger partial charge in [0.15, 0.2) is 0 Å². The third-order valence-electron chi connectivity index (χ3n) is 3.40. The van der Waals surface area contributed by atoms with Crippen molar-refractivity contribution < 1.29 is 0 Å². The Morgan fingerprint density at radius 3 is 2.67 bits per heavy atom. The van der Waals surface area contributed by atoms with Gasteiger partial charge in [0.25, 0.3) is 0 Å². The van der Waals surface area contributed by atoms with Crippen LogP contribution in [0.3, 0.4) is 0 Å². The van der Waals surface area contributed by atoms with Crippen molar-refractivity contribution in [2.75, 3.05) is 5.32 Å². The van der Waals surface area contributed by atoms with Crippen LogP contribution in [-0.4, -0.2) is 15.0 Å². The molecule has 2 heterocycles. The number of hydrogen-bond acceptors (Lipinski definition) is 4. The molecule has 0 amide bonds. The van der Waals surface area contributed by atoms with E-state index in [4.69, 9.17) is 0 Å². The minimum Gasteiger partial charge on any atom is -0.375 e. The molecule has 21 heavy (non-hydrogen) atoms. The van der Waals surface area contributed by atoms with E-state index in [-0.39, 0.29) is 6.04 Å². The maximum atomic E-state index is 4.09. The molecule has 0 aliphatic carbocycles. The molecule has 4 nitrogen and oxygen atoms in total. The number of rotatable bonds is 5. The van der Waals surface area contributed by atoms with Crippen molar-refractivity contribution in [3.63, 3.8) is 0 Å². The molecule has 0 fully saturated rings. The maximum Gasteiger partial charge on any atom is 0.0894 e. The molecule has 1 unspecified atom stereocenters. The first-order chi connectivity index (χ1) is 10.3. The largest absolute Gasteiger partial charge is 0.375 e. The maximum absolute atomic E-state index is 4.09. The van der Waals surface area contributed by atoms with Crippen LogP contribution >= 0.6 is 11.3 Å². The lowest BCUT2D eigenvalue weighted by molar-refractivity contribution is 0.553. The Kier molecular flexibility index (Phi) is 4.01. The number of thiophene rings is 1. The van der Waals surface area contributed by atoms with Gasteiger partial charge in [-0.2, -0.15) is 0 Å². The fourth-order valence-corrected chi connectivity index (χ4v) is 3.28. The van der Waals surface area contributed by atoms with E-state index >= 15 is 0 Å². The first-order valence-electron chi connectivity index (χ1n) is 7.01. The molecule has 1 N–H and O–H groups in total. The fourth-order valence-electron chi connectivity index (χ4n) is 2.33. The topological polar surface area (TPSA) is 42.7 Å². The Morgan fingerprint density at radius 2 is 2.00 bits per heavy atom. The molecule has 1 atom stereocenters. The van der Waals surface area contributed by atoms with Crippen LogP contribution in [0.15, 0.2) is 54.2 Å². The number of para-hydroxylation sites is 2. The van der Waals surface area contributed by atoms with Crippen LogP contribution < -0.4 is 5.32 Å². The lowest BCUT2D eigenvalue weighted by atomic mass is 10.0. The van der Waals surface area contributed by atoms with E-state index in [0.29, 0.717) is 5.92 Å². The second kappa shape index (κ2) is 6.10. The van der Waals surface area contributed by atoms with Crippen LogP contribution in [0, 0.1) is 5.92 Å². The molecule has 3 rings (SSSR count). The lowest BCUT2D eigenvalue weighted by Crippen LogP contribution is -2.17. The van der Waals surface area contributed by atoms with Gasteiger partial charge in [0.2, 0.25) is 0 Å². The van der Waals surface area contributed by atoms with Crippen LogP contribution in [-0.2, 0) is 0 Å². The van der Waals surface area contributed by atoms with Crippen molar-refractivity contribution in [3.8, 4) is 5.69 Å². The highest BCUT2D eigenvalue weighted by molar-refractivity contribution is 7.10. The smallest absolute Gasteiger partial charge is 0.0894 e. The van der Waals surface area contributed by atoms with Gasteiger partial charge in [-0.05, 0) is 29.5 Å². The summed E-state index contributed by atoms with van der Waals surface area (Å²) in [6.45, 7) is 4.46. The number of anilines is 1. The summed E-state index contributed by atoms with van der Waals surface area (Å²) in [5.41, 5.74) is 2.08. The highest BCUT2D eigenvalue weighted by atomic mass is 32.1. The summed E-state index contributed by atoms with van der Waals surface area (Å²) in [5.74, 6) is 0.493. The van der Waals surface area contributed by atoms with E-state index < -0.39 is 0 Å². The summed E-state index contributed by atoms with van der Waals surface area (Å²) in [7, 11) is 0. The van der Waals surface area contributed by atoms with Gasteiger partial charge in [0, 0.05) is 4.88 Å². The first kappa shape index (κ1) is 13.8. The molecule has 0 saturated heterocycles. The zero-order chi connectivity index (χ0) is 14.7. The van der Waals surface area contributed by atoms with Crippen LogP contribution in [0.5, 0.6) is 0 Å². The van der Waals surface area contributed by atoms with Crippen molar-refractivity contribution in [2.45, 2.75) is 19.9 Å². The highest BCUT2D eigenvalue weighted by Gasteiger charge is 2.18. The van der Waals surface area contributed by atoms with Crippen molar-refractivity contribution in [1.29, 1.82) is 0 Å². The number of benzene rings is 1. The van der Waals surface area contributed by atoms with E-state index in [9.17, 15) is 0 Å². The van der Waals surface area contributed by atoms with Crippen molar-refractivity contribution in [1.82, 2.24) is 15.0 Å². The van der Waals surface area contributed by atoms with E-state index in [0.717, 1.165) is 11.4 Å². The molecule has 0 aliphatic heterocycles. The third-order valence-corrected chi connectivity index (χ3v) is 4.36. The molecule has 0 aliphatic rings. The summed E-state index contributed by atoms with van der Waals surface area (Å²) < 4.78 is 1.79. The van der Waals surface area contributed by atoms with Gasteiger partial charge in [0.05, 0.1) is 29.8 Å². The Bertz CT molecular complexity index is 674. The van der Waals surface area contributed by atoms with E-state index in [1.54, 1.807) is 22.2 Å². The standard InChI is InChI=1S/C16H18N4S/c1-12(2)16(15-8-5-11-21-15)18-13-6-3-4-7-14(13)20-10-9-17-19-20/h3-12,16,18H,1-2H3. The minimum atomic E-state index is 0.287. The number of hydrogen-bond donors (Lipinski definition) is 1. The molecule has 0 radical (unpaired) electrons. The van der Waals surface area contributed by atoms with Gasteiger partial charge in [-0.15, -0.1) is 16.4 Å². The molecule has 3 aromatic rings. The van der Waals surface area contributed by atoms with Gasteiger partial charge < -0.3 is 5.32 Å². The zero-order valence-electron chi connectivity index (χ0n) is 12.1. The van der Waals surface area contributed by atoms with E-state index in [2.05, 4.69) is 53.1 Å². The van der Waals surface area contributed by atoms with Crippen molar-refractivity contribution in [3.05, 3.63) is 59.0 Å². The van der Waals surface area contributed by atoms with Gasteiger partial charge in [-0.1, -0.05) is 37.3 Å². The van der Waals surface area contributed by atoms with Crippen LogP contribution in [0.2, 0.25) is 0 Å². The number of aromatic nitrogens is 3. The SMILES string of the molecule is CC(C)C(Nc1ccccc1-n1ccnn1)c1cccs1. The number of nitrogens with one attached hydrogen (secondary N) is 1. The quantitative estimate of drug-likeness (QED) is 0.770.